The lowest BCUT2D eigenvalue weighted by molar-refractivity contribution is 0.321. The minimum Gasteiger partial charge on any atom is -0.493 e. The lowest BCUT2D eigenvalue weighted by Gasteiger charge is -2.09. The van der Waals surface area contributed by atoms with Crippen LogP contribution in [-0.4, -0.2) is 30.6 Å². The molecule has 0 atom stereocenters. The van der Waals surface area contributed by atoms with Gasteiger partial charge in [0.2, 0.25) is 0 Å². The Morgan fingerprint density at radius 3 is 2.59 bits per heavy atom. The third-order valence-corrected chi connectivity index (χ3v) is 2.48. The summed E-state index contributed by atoms with van der Waals surface area (Å²) in [5, 5.41) is 13.3. The molecule has 0 unspecified atom stereocenters. The lowest BCUT2D eigenvalue weighted by atomic mass is 10.1. The van der Waals surface area contributed by atoms with Crippen molar-refractivity contribution >= 4 is 17.0 Å². The molecule has 1 N–H and O–H groups in total. The van der Waals surface area contributed by atoms with E-state index in [9.17, 15) is 0 Å². The fraction of sp³-hybridized carbons (Fsp3) is 0.167. The monoisotopic (exact) mass is 232 g/mol. The van der Waals surface area contributed by atoms with Gasteiger partial charge in [0.15, 0.2) is 11.5 Å². The van der Waals surface area contributed by atoms with Crippen LogP contribution in [0.4, 0.5) is 0 Å². The van der Waals surface area contributed by atoms with Crippen LogP contribution in [0.5, 0.6) is 11.5 Å². The molecular formula is C12H12N2O3. The summed E-state index contributed by atoms with van der Waals surface area (Å²) in [4.78, 5) is 4.12. The van der Waals surface area contributed by atoms with Crippen molar-refractivity contribution in [2.45, 2.75) is 0 Å². The van der Waals surface area contributed by atoms with Crippen LogP contribution in [0.3, 0.4) is 0 Å². The summed E-state index contributed by atoms with van der Waals surface area (Å²) in [6.45, 7) is 0. The van der Waals surface area contributed by atoms with Crippen molar-refractivity contribution < 1.29 is 14.7 Å². The van der Waals surface area contributed by atoms with Crippen LogP contribution in [0.2, 0.25) is 0 Å². The van der Waals surface area contributed by atoms with E-state index in [2.05, 4.69) is 10.1 Å². The van der Waals surface area contributed by atoms with E-state index in [4.69, 9.17) is 14.7 Å². The van der Waals surface area contributed by atoms with Crippen LogP contribution >= 0.6 is 0 Å². The van der Waals surface area contributed by atoms with Crippen LogP contribution < -0.4 is 9.47 Å². The third kappa shape index (κ3) is 1.99. The fourth-order valence-electron chi connectivity index (χ4n) is 1.68. The van der Waals surface area contributed by atoms with Crippen molar-refractivity contribution in [3.05, 3.63) is 30.1 Å². The van der Waals surface area contributed by atoms with Crippen molar-refractivity contribution in [3.63, 3.8) is 0 Å². The molecule has 88 valence electrons. The Morgan fingerprint density at radius 1 is 1.24 bits per heavy atom. The van der Waals surface area contributed by atoms with Gasteiger partial charge in [0.25, 0.3) is 0 Å². The third-order valence-electron chi connectivity index (χ3n) is 2.48. The molecule has 2 rings (SSSR count). The summed E-state index contributed by atoms with van der Waals surface area (Å²) in [7, 11) is 3.15. The molecule has 0 radical (unpaired) electrons. The summed E-state index contributed by atoms with van der Waals surface area (Å²) in [6, 6.07) is 5.51. The number of ether oxygens (including phenoxy) is 2. The molecule has 0 amide bonds. The molecule has 0 aliphatic carbocycles. The van der Waals surface area contributed by atoms with Gasteiger partial charge in [-0.15, -0.1) is 0 Å². The maximum absolute atomic E-state index is 8.58. The van der Waals surface area contributed by atoms with Crippen LogP contribution in [0.25, 0.3) is 10.8 Å². The molecule has 1 aromatic carbocycles. The maximum Gasteiger partial charge on any atom is 0.161 e. The molecule has 0 saturated heterocycles. The van der Waals surface area contributed by atoms with Crippen molar-refractivity contribution in [2.75, 3.05) is 14.2 Å². The van der Waals surface area contributed by atoms with Gasteiger partial charge >= 0.3 is 0 Å². The molecule has 2 aromatic rings. The molecule has 0 aliphatic heterocycles. The number of benzene rings is 1. The second-order valence-electron chi connectivity index (χ2n) is 3.37. The number of hydrogen-bond acceptors (Lipinski definition) is 5. The first-order valence-corrected chi connectivity index (χ1v) is 4.98. The number of nitrogens with zero attached hydrogens (tertiary/aromatic N) is 2. The normalized spacial score (nSPS) is 10.9. The number of fused-ring (bicyclic) bond motifs is 1. The molecule has 1 heterocycles. The lowest BCUT2D eigenvalue weighted by Crippen LogP contribution is -1.94. The summed E-state index contributed by atoms with van der Waals surface area (Å²) in [5.74, 6) is 1.26. The first-order chi connectivity index (χ1) is 8.30. The zero-order chi connectivity index (χ0) is 12.3. The first kappa shape index (κ1) is 11.2. The molecule has 5 nitrogen and oxygen atoms in total. The second-order valence-corrected chi connectivity index (χ2v) is 3.37. The van der Waals surface area contributed by atoms with Crippen LogP contribution in [0, 0.1) is 0 Å². The molecular weight excluding hydrogens is 220 g/mol. The highest BCUT2D eigenvalue weighted by atomic mass is 16.5. The van der Waals surface area contributed by atoms with Gasteiger partial charge in [-0.3, -0.25) is 4.98 Å². The summed E-state index contributed by atoms with van der Waals surface area (Å²) < 4.78 is 10.4. The predicted octanol–water partition coefficient (Wildman–Crippen LogP) is 2.06. The number of aromatic nitrogens is 1. The molecule has 0 saturated carbocycles. The molecule has 0 aliphatic rings. The van der Waals surface area contributed by atoms with Crippen LogP contribution in [-0.2, 0) is 0 Å². The van der Waals surface area contributed by atoms with Crippen LogP contribution in [0.15, 0.2) is 29.6 Å². The Morgan fingerprint density at radius 2 is 1.94 bits per heavy atom. The highest BCUT2D eigenvalue weighted by Crippen LogP contribution is 2.32. The van der Waals surface area contributed by atoms with Gasteiger partial charge < -0.3 is 14.7 Å². The van der Waals surface area contributed by atoms with Crippen molar-refractivity contribution in [2.24, 2.45) is 5.16 Å². The Bertz CT molecular complexity index is 567. The largest absolute Gasteiger partial charge is 0.493 e. The van der Waals surface area contributed by atoms with E-state index in [0.29, 0.717) is 17.2 Å². The standard InChI is InChI=1S/C12H12N2O3/c1-16-11-5-8-3-4-13-10(7-14-15)9(8)6-12(11)17-2/h3-7,15H,1-2H3/b14-7+. The maximum atomic E-state index is 8.58. The summed E-state index contributed by atoms with van der Waals surface area (Å²) >= 11 is 0. The van der Waals surface area contributed by atoms with E-state index >= 15 is 0 Å². The van der Waals surface area contributed by atoms with E-state index in [0.717, 1.165) is 10.8 Å². The second kappa shape index (κ2) is 4.69. The number of hydrogen-bond donors (Lipinski definition) is 1. The van der Waals surface area contributed by atoms with Crippen molar-refractivity contribution in [3.8, 4) is 11.5 Å². The Labute approximate surface area is 98.3 Å². The molecule has 1 aromatic heterocycles. The summed E-state index contributed by atoms with van der Waals surface area (Å²) in [6.07, 6.45) is 2.93. The number of methoxy groups -OCH3 is 2. The smallest absolute Gasteiger partial charge is 0.161 e. The van der Waals surface area contributed by atoms with Gasteiger partial charge in [0.05, 0.1) is 26.1 Å². The zero-order valence-corrected chi connectivity index (χ0v) is 9.54. The fourth-order valence-corrected chi connectivity index (χ4v) is 1.68. The highest BCUT2D eigenvalue weighted by molar-refractivity contribution is 5.99. The Hall–Kier alpha value is -2.30. The van der Waals surface area contributed by atoms with Gasteiger partial charge in [0.1, 0.15) is 0 Å². The minimum absolute atomic E-state index is 0.575. The van der Waals surface area contributed by atoms with E-state index < -0.39 is 0 Å². The average Bonchev–Trinajstić information content (AvgIpc) is 2.38. The molecule has 17 heavy (non-hydrogen) atoms. The van der Waals surface area contributed by atoms with E-state index in [1.165, 1.54) is 6.21 Å². The molecule has 0 spiro atoms. The SMILES string of the molecule is COc1cc2ccnc(/C=N/O)c2cc1OC. The Balaban J connectivity index is 2.73. The van der Waals surface area contributed by atoms with E-state index in [-0.39, 0.29) is 0 Å². The van der Waals surface area contributed by atoms with Gasteiger partial charge in [-0.25, -0.2) is 0 Å². The number of rotatable bonds is 3. The van der Waals surface area contributed by atoms with Gasteiger partial charge in [-0.05, 0) is 23.6 Å². The Kier molecular flexibility index (Phi) is 3.09. The van der Waals surface area contributed by atoms with Crippen LogP contribution in [0.1, 0.15) is 5.69 Å². The topological polar surface area (TPSA) is 63.9 Å². The van der Waals surface area contributed by atoms with Crippen molar-refractivity contribution in [1.29, 1.82) is 0 Å². The summed E-state index contributed by atoms with van der Waals surface area (Å²) in [5.41, 5.74) is 0.575. The first-order valence-electron chi connectivity index (χ1n) is 4.98. The highest BCUT2D eigenvalue weighted by Gasteiger charge is 2.08. The zero-order valence-electron chi connectivity index (χ0n) is 9.54. The van der Waals surface area contributed by atoms with Gasteiger partial charge in [0, 0.05) is 11.6 Å². The van der Waals surface area contributed by atoms with Gasteiger partial charge in [-0.1, -0.05) is 5.16 Å². The molecule has 5 heteroatoms. The predicted molar refractivity (Wildman–Crippen MR) is 64.2 cm³/mol. The number of pyridine rings is 1. The average molecular weight is 232 g/mol. The van der Waals surface area contributed by atoms with Gasteiger partial charge in [-0.2, -0.15) is 0 Å². The van der Waals surface area contributed by atoms with E-state index in [1.807, 2.05) is 12.1 Å². The molecule has 0 fully saturated rings. The quantitative estimate of drug-likeness (QED) is 0.500. The van der Waals surface area contributed by atoms with E-state index in [1.54, 1.807) is 26.5 Å². The molecule has 0 bridgehead atoms. The minimum atomic E-state index is 0.575. The number of oxime groups is 1. The van der Waals surface area contributed by atoms with Crippen molar-refractivity contribution in [1.82, 2.24) is 4.98 Å².